The summed E-state index contributed by atoms with van der Waals surface area (Å²) >= 11 is 0. The van der Waals surface area contributed by atoms with E-state index in [2.05, 4.69) is 11.4 Å². The van der Waals surface area contributed by atoms with E-state index in [1.54, 1.807) is 4.90 Å². The second kappa shape index (κ2) is 11.5. The third-order valence-electron chi connectivity index (χ3n) is 5.42. The third kappa shape index (κ3) is 7.12. The van der Waals surface area contributed by atoms with Crippen LogP contribution in [-0.2, 0) is 16.0 Å². The van der Waals surface area contributed by atoms with E-state index in [4.69, 9.17) is 4.74 Å². The zero-order valence-corrected chi connectivity index (χ0v) is 19.7. The lowest BCUT2D eigenvalue weighted by Gasteiger charge is -2.31. The molecule has 0 aliphatic heterocycles. The van der Waals surface area contributed by atoms with Gasteiger partial charge in [0.05, 0.1) is 0 Å². The summed E-state index contributed by atoms with van der Waals surface area (Å²) in [5.41, 5.74) is 4.38. The van der Waals surface area contributed by atoms with E-state index in [0.29, 0.717) is 25.1 Å². The molecule has 0 saturated carbocycles. The molecule has 2 amide bonds. The highest BCUT2D eigenvalue weighted by atomic mass is 16.5. The fourth-order valence-electron chi connectivity index (χ4n) is 3.65. The van der Waals surface area contributed by atoms with Crippen molar-refractivity contribution in [1.82, 2.24) is 10.2 Å². The Balaban J connectivity index is 2.19. The summed E-state index contributed by atoms with van der Waals surface area (Å²) < 4.78 is 5.93. The molecule has 0 saturated heterocycles. The molecule has 5 nitrogen and oxygen atoms in total. The van der Waals surface area contributed by atoms with Crippen molar-refractivity contribution >= 4 is 11.8 Å². The number of benzene rings is 2. The summed E-state index contributed by atoms with van der Waals surface area (Å²) in [4.78, 5) is 27.7. The lowest BCUT2D eigenvalue weighted by Crippen LogP contribution is -2.52. The van der Waals surface area contributed by atoms with E-state index < -0.39 is 6.04 Å². The molecule has 0 aliphatic carbocycles. The van der Waals surface area contributed by atoms with Gasteiger partial charge in [0, 0.05) is 12.6 Å². The van der Waals surface area contributed by atoms with Crippen LogP contribution in [0.3, 0.4) is 0 Å². The van der Waals surface area contributed by atoms with Crippen LogP contribution in [0.2, 0.25) is 0 Å². The maximum Gasteiger partial charge on any atom is 0.261 e. The van der Waals surface area contributed by atoms with Crippen LogP contribution >= 0.6 is 0 Å². The largest absolute Gasteiger partial charge is 0.483 e. The van der Waals surface area contributed by atoms with Gasteiger partial charge in [-0.1, -0.05) is 43.3 Å². The maximum absolute atomic E-state index is 13.2. The topological polar surface area (TPSA) is 58.6 Å². The fraction of sp³-hybridized carbons (Fsp3) is 0.462. The van der Waals surface area contributed by atoms with Gasteiger partial charge in [0.15, 0.2) is 6.61 Å². The molecule has 31 heavy (non-hydrogen) atoms. The maximum atomic E-state index is 13.2. The van der Waals surface area contributed by atoms with Crippen molar-refractivity contribution < 1.29 is 14.3 Å². The van der Waals surface area contributed by atoms with E-state index >= 15 is 0 Å². The molecule has 2 rings (SSSR count). The molecule has 168 valence electrons. The van der Waals surface area contributed by atoms with Crippen molar-refractivity contribution in [2.24, 2.45) is 0 Å². The number of hydrogen-bond acceptors (Lipinski definition) is 3. The molecular weight excluding hydrogens is 388 g/mol. The minimum Gasteiger partial charge on any atom is -0.483 e. The van der Waals surface area contributed by atoms with Gasteiger partial charge in [-0.3, -0.25) is 9.59 Å². The van der Waals surface area contributed by atoms with Crippen molar-refractivity contribution in [3.63, 3.8) is 0 Å². The predicted molar refractivity (Wildman–Crippen MR) is 125 cm³/mol. The Morgan fingerprint density at radius 2 is 1.74 bits per heavy atom. The second-order valence-electron chi connectivity index (χ2n) is 8.40. The van der Waals surface area contributed by atoms with Gasteiger partial charge in [-0.05, 0) is 75.8 Å². The van der Waals surface area contributed by atoms with Crippen molar-refractivity contribution in [1.29, 1.82) is 0 Å². The Morgan fingerprint density at radius 1 is 1.06 bits per heavy atom. The molecule has 1 atom stereocenters. The number of carbonyl (C=O) groups excluding carboxylic acids is 2. The first kappa shape index (κ1) is 24.4. The van der Waals surface area contributed by atoms with Crippen molar-refractivity contribution in [3.8, 4) is 5.75 Å². The lowest BCUT2D eigenvalue weighted by molar-refractivity contribution is -0.142. The van der Waals surface area contributed by atoms with Crippen molar-refractivity contribution in [3.05, 3.63) is 64.7 Å². The van der Waals surface area contributed by atoms with Gasteiger partial charge in [0.2, 0.25) is 5.91 Å². The van der Waals surface area contributed by atoms with Crippen LogP contribution in [0.4, 0.5) is 0 Å². The normalized spacial score (nSPS) is 11.8. The fourth-order valence-corrected chi connectivity index (χ4v) is 3.65. The number of nitrogens with one attached hydrogen (secondary N) is 1. The second-order valence-corrected chi connectivity index (χ2v) is 8.40. The Labute approximate surface area is 186 Å². The summed E-state index contributed by atoms with van der Waals surface area (Å²) in [7, 11) is 0. The Morgan fingerprint density at radius 3 is 2.35 bits per heavy atom. The van der Waals surface area contributed by atoms with Crippen LogP contribution < -0.4 is 10.1 Å². The van der Waals surface area contributed by atoms with Crippen LogP contribution in [0.5, 0.6) is 5.75 Å². The number of hydrogen-bond donors (Lipinski definition) is 1. The summed E-state index contributed by atoms with van der Waals surface area (Å²) in [6.07, 6.45) is 1.22. The monoisotopic (exact) mass is 424 g/mol. The Hall–Kier alpha value is -2.82. The molecule has 5 heteroatoms. The smallest absolute Gasteiger partial charge is 0.261 e. The zero-order chi connectivity index (χ0) is 23.0. The van der Waals surface area contributed by atoms with Crippen molar-refractivity contribution in [2.75, 3.05) is 13.2 Å². The van der Waals surface area contributed by atoms with E-state index in [1.165, 1.54) is 0 Å². The van der Waals surface area contributed by atoms with E-state index in [-0.39, 0.29) is 24.5 Å². The molecule has 0 aromatic heterocycles. The molecule has 0 bridgehead atoms. The molecule has 2 aromatic carbocycles. The van der Waals surface area contributed by atoms with Gasteiger partial charge in [-0.15, -0.1) is 0 Å². The molecule has 0 spiro atoms. The molecule has 0 unspecified atom stereocenters. The first-order chi connectivity index (χ1) is 14.7. The Kier molecular flexibility index (Phi) is 9.10. The van der Waals surface area contributed by atoms with Gasteiger partial charge in [0.1, 0.15) is 11.8 Å². The van der Waals surface area contributed by atoms with Crippen LogP contribution in [0, 0.1) is 20.8 Å². The summed E-state index contributed by atoms with van der Waals surface area (Å²) in [5, 5.41) is 2.95. The molecule has 0 radical (unpaired) electrons. The molecule has 0 heterocycles. The van der Waals surface area contributed by atoms with Crippen LogP contribution in [-0.4, -0.2) is 41.9 Å². The standard InChI is InChI=1S/C26H36N2O3/c1-7-23(26(30)27-18(2)3)28(14-13-22-11-9-8-10-12-22)25(29)17-31-24-16-19(4)15-20(5)21(24)6/h8-12,15-16,18,23H,7,13-14,17H2,1-6H3,(H,27,30)/t23-/m0/s1. The van der Waals surface area contributed by atoms with Gasteiger partial charge in [0.25, 0.3) is 5.91 Å². The number of ether oxygens (including phenoxy) is 1. The molecule has 0 fully saturated rings. The number of amides is 2. The van der Waals surface area contributed by atoms with Crippen LogP contribution in [0.15, 0.2) is 42.5 Å². The zero-order valence-electron chi connectivity index (χ0n) is 19.7. The molecule has 2 aromatic rings. The van der Waals surface area contributed by atoms with E-state index in [9.17, 15) is 9.59 Å². The quantitative estimate of drug-likeness (QED) is 0.616. The number of nitrogens with zero attached hydrogens (tertiary/aromatic N) is 1. The Bertz CT molecular complexity index is 878. The van der Waals surface area contributed by atoms with Gasteiger partial charge < -0.3 is 15.0 Å². The van der Waals surface area contributed by atoms with E-state index in [1.807, 2.05) is 77.9 Å². The first-order valence-corrected chi connectivity index (χ1v) is 11.1. The van der Waals surface area contributed by atoms with Gasteiger partial charge >= 0.3 is 0 Å². The van der Waals surface area contributed by atoms with Gasteiger partial charge in [-0.2, -0.15) is 0 Å². The molecule has 1 N–H and O–H groups in total. The number of carbonyl (C=O) groups is 2. The van der Waals surface area contributed by atoms with Crippen molar-refractivity contribution in [2.45, 2.75) is 66.5 Å². The average molecular weight is 425 g/mol. The van der Waals surface area contributed by atoms with Gasteiger partial charge in [-0.25, -0.2) is 0 Å². The first-order valence-electron chi connectivity index (χ1n) is 11.1. The summed E-state index contributed by atoms with van der Waals surface area (Å²) in [5.74, 6) is 0.412. The minimum absolute atomic E-state index is 0.0156. The highest BCUT2D eigenvalue weighted by molar-refractivity contribution is 5.88. The van der Waals surface area contributed by atoms with Crippen LogP contribution in [0.1, 0.15) is 49.4 Å². The molecule has 0 aliphatic rings. The van der Waals surface area contributed by atoms with Crippen LogP contribution in [0.25, 0.3) is 0 Å². The highest BCUT2D eigenvalue weighted by Crippen LogP contribution is 2.23. The van der Waals surface area contributed by atoms with E-state index in [0.717, 1.165) is 22.3 Å². The minimum atomic E-state index is -0.525. The number of rotatable bonds is 10. The lowest BCUT2D eigenvalue weighted by atomic mass is 10.1. The average Bonchev–Trinajstić information content (AvgIpc) is 2.72. The third-order valence-corrected chi connectivity index (χ3v) is 5.42. The summed E-state index contributed by atoms with van der Waals surface area (Å²) in [6, 6.07) is 13.5. The highest BCUT2D eigenvalue weighted by Gasteiger charge is 2.29. The molecular formula is C26H36N2O3. The SMILES string of the molecule is CC[C@@H](C(=O)NC(C)C)N(CCc1ccccc1)C(=O)COc1cc(C)cc(C)c1C. The predicted octanol–water partition coefficient (Wildman–Crippen LogP) is 4.37. The summed E-state index contributed by atoms with van der Waals surface area (Å²) in [6.45, 7) is 12.2. The number of aryl methyl sites for hydroxylation is 2.